The number of piperidine rings is 1. The molecule has 3 nitrogen and oxygen atoms in total. The van der Waals surface area contributed by atoms with E-state index >= 15 is 0 Å². The van der Waals surface area contributed by atoms with Crippen molar-refractivity contribution in [2.24, 2.45) is 5.41 Å². The van der Waals surface area contributed by atoms with E-state index in [-0.39, 0.29) is 11.9 Å². The maximum absolute atomic E-state index is 13.9. The van der Waals surface area contributed by atoms with Crippen LogP contribution in [0.3, 0.4) is 0 Å². The summed E-state index contributed by atoms with van der Waals surface area (Å²) in [5, 5.41) is 9.24. The summed E-state index contributed by atoms with van der Waals surface area (Å²) in [4.78, 5) is 13.4. The predicted molar refractivity (Wildman–Crippen MR) is 79.1 cm³/mol. The fraction of sp³-hybridized carbons (Fsp3) is 0.533. The average molecular weight is 344 g/mol. The molecule has 0 radical (unpaired) electrons. The molecule has 0 amide bonds. The van der Waals surface area contributed by atoms with Gasteiger partial charge in [-0.3, -0.25) is 9.69 Å². The van der Waals surface area contributed by atoms with Gasteiger partial charge >= 0.3 is 5.97 Å². The summed E-state index contributed by atoms with van der Waals surface area (Å²) in [7, 11) is 0. The van der Waals surface area contributed by atoms with Gasteiger partial charge in [-0.25, -0.2) is 4.39 Å². The molecule has 0 aromatic heterocycles. The van der Waals surface area contributed by atoms with Crippen molar-refractivity contribution in [3.05, 3.63) is 34.1 Å². The molecule has 1 heterocycles. The van der Waals surface area contributed by atoms with Crippen LogP contribution in [0.2, 0.25) is 0 Å². The lowest BCUT2D eigenvalue weighted by Crippen LogP contribution is -2.43. The average Bonchev–Trinajstić information content (AvgIpc) is 2.41. The molecule has 2 rings (SSSR count). The maximum Gasteiger partial charge on any atom is 0.309 e. The summed E-state index contributed by atoms with van der Waals surface area (Å²) in [5.41, 5.74) is 0.00442. The monoisotopic (exact) mass is 343 g/mol. The van der Waals surface area contributed by atoms with Crippen molar-refractivity contribution in [2.45, 2.75) is 32.7 Å². The summed E-state index contributed by atoms with van der Waals surface area (Å²) in [5.74, 6) is -0.953. The van der Waals surface area contributed by atoms with Crippen LogP contribution in [0.15, 0.2) is 22.7 Å². The molecule has 1 N–H and O–H groups in total. The molecule has 1 unspecified atom stereocenters. The molecule has 1 saturated heterocycles. The number of nitrogens with zero attached hydrogens (tertiary/aromatic N) is 1. The summed E-state index contributed by atoms with van der Waals surface area (Å²) in [6.45, 7) is 5.11. The maximum atomic E-state index is 13.9. The number of carbonyl (C=O) groups is 1. The standard InChI is InChI=1S/C15H19BrFNO2/c1-10(12-9-11(16)3-4-13(12)17)18-7-5-15(2,6-8-18)14(19)20/h3-4,9-10H,5-8H2,1-2H3,(H,19,20). The lowest BCUT2D eigenvalue weighted by molar-refractivity contribution is -0.151. The number of benzene rings is 1. The van der Waals surface area contributed by atoms with Gasteiger partial charge in [0.1, 0.15) is 5.82 Å². The zero-order valence-electron chi connectivity index (χ0n) is 11.7. The number of carboxylic acid groups (broad SMARTS) is 1. The smallest absolute Gasteiger partial charge is 0.309 e. The second-order valence-electron chi connectivity index (χ2n) is 5.74. The molecule has 1 aromatic carbocycles. The number of halogens is 2. The van der Waals surface area contributed by atoms with Crippen molar-refractivity contribution in [2.75, 3.05) is 13.1 Å². The molecule has 0 saturated carbocycles. The van der Waals surface area contributed by atoms with Crippen molar-refractivity contribution in [3.8, 4) is 0 Å². The van der Waals surface area contributed by atoms with E-state index in [1.165, 1.54) is 6.07 Å². The second kappa shape index (κ2) is 5.82. The highest BCUT2D eigenvalue weighted by Gasteiger charge is 2.38. The van der Waals surface area contributed by atoms with Crippen LogP contribution >= 0.6 is 15.9 Å². The van der Waals surface area contributed by atoms with E-state index in [1.54, 1.807) is 19.1 Å². The van der Waals surface area contributed by atoms with Crippen molar-refractivity contribution >= 4 is 21.9 Å². The van der Waals surface area contributed by atoms with Crippen molar-refractivity contribution < 1.29 is 14.3 Å². The normalized spacial score (nSPS) is 20.6. The van der Waals surface area contributed by atoms with Gasteiger partial charge < -0.3 is 5.11 Å². The number of rotatable bonds is 3. The number of likely N-dealkylation sites (tertiary alicyclic amines) is 1. The highest BCUT2D eigenvalue weighted by molar-refractivity contribution is 9.10. The summed E-state index contributed by atoms with van der Waals surface area (Å²) < 4.78 is 14.8. The molecule has 0 bridgehead atoms. The first kappa shape index (κ1) is 15.4. The topological polar surface area (TPSA) is 40.5 Å². The Bertz CT molecular complexity index is 513. The Hall–Kier alpha value is -0.940. The third-order valence-electron chi connectivity index (χ3n) is 4.37. The molecular weight excluding hydrogens is 325 g/mol. The van der Waals surface area contributed by atoms with Crippen LogP contribution in [0, 0.1) is 11.2 Å². The molecule has 0 aliphatic carbocycles. The van der Waals surface area contributed by atoms with Gasteiger partial charge in [0.2, 0.25) is 0 Å². The number of hydrogen-bond acceptors (Lipinski definition) is 2. The Morgan fingerprint density at radius 2 is 2.05 bits per heavy atom. The third kappa shape index (κ3) is 3.04. The molecular formula is C15H19BrFNO2. The first-order chi connectivity index (χ1) is 9.33. The SMILES string of the molecule is CC(c1cc(Br)ccc1F)N1CCC(C)(C(=O)O)CC1. The van der Waals surface area contributed by atoms with Crippen LogP contribution in [0.25, 0.3) is 0 Å². The Morgan fingerprint density at radius 3 is 2.60 bits per heavy atom. The van der Waals surface area contributed by atoms with E-state index in [0.717, 1.165) is 4.47 Å². The largest absolute Gasteiger partial charge is 0.481 e. The van der Waals surface area contributed by atoms with Crippen molar-refractivity contribution in [1.82, 2.24) is 4.90 Å². The lowest BCUT2D eigenvalue weighted by atomic mass is 9.80. The second-order valence-corrected chi connectivity index (χ2v) is 6.66. The summed E-state index contributed by atoms with van der Waals surface area (Å²) in [6, 6.07) is 4.89. The first-order valence-electron chi connectivity index (χ1n) is 6.76. The minimum absolute atomic E-state index is 0.0501. The Kier molecular flexibility index (Phi) is 4.49. The van der Waals surface area contributed by atoms with Gasteiger partial charge in [-0.05, 0) is 58.0 Å². The molecule has 1 aliphatic heterocycles. The van der Waals surface area contributed by atoms with Crippen LogP contribution in [-0.4, -0.2) is 29.1 Å². The molecule has 1 aromatic rings. The molecule has 20 heavy (non-hydrogen) atoms. The Morgan fingerprint density at radius 1 is 1.45 bits per heavy atom. The first-order valence-corrected chi connectivity index (χ1v) is 7.55. The van der Waals surface area contributed by atoms with Gasteiger partial charge in [0.05, 0.1) is 5.41 Å². The zero-order valence-corrected chi connectivity index (χ0v) is 13.3. The molecule has 110 valence electrons. The predicted octanol–water partition coefficient (Wildman–Crippen LogP) is 3.84. The van der Waals surface area contributed by atoms with Crippen molar-refractivity contribution in [1.29, 1.82) is 0 Å². The number of carboxylic acids is 1. The van der Waals surface area contributed by atoms with E-state index in [0.29, 0.717) is 31.5 Å². The van der Waals surface area contributed by atoms with Crippen LogP contribution in [0.4, 0.5) is 4.39 Å². The van der Waals surface area contributed by atoms with E-state index < -0.39 is 11.4 Å². The Balaban J connectivity index is 2.10. The molecule has 1 fully saturated rings. The molecule has 0 spiro atoms. The summed E-state index contributed by atoms with van der Waals surface area (Å²) >= 11 is 3.36. The lowest BCUT2D eigenvalue weighted by Gasteiger charge is -2.39. The number of hydrogen-bond donors (Lipinski definition) is 1. The third-order valence-corrected chi connectivity index (χ3v) is 4.87. The van der Waals surface area contributed by atoms with Gasteiger partial charge in [0.25, 0.3) is 0 Å². The number of aliphatic carboxylic acids is 1. The van der Waals surface area contributed by atoms with Gasteiger partial charge in [-0.2, -0.15) is 0 Å². The Labute approximate surface area is 126 Å². The highest BCUT2D eigenvalue weighted by Crippen LogP contribution is 2.35. The van der Waals surface area contributed by atoms with E-state index in [2.05, 4.69) is 20.8 Å². The molecule has 5 heteroatoms. The molecule has 1 aliphatic rings. The van der Waals surface area contributed by atoms with Crippen LogP contribution in [-0.2, 0) is 4.79 Å². The van der Waals surface area contributed by atoms with Gasteiger partial charge in [-0.15, -0.1) is 0 Å². The van der Waals surface area contributed by atoms with E-state index in [4.69, 9.17) is 0 Å². The highest BCUT2D eigenvalue weighted by atomic mass is 79.9. The van der Waals surface area contributed by atoms with Crippen LogP contribution in [0.5, 0.6) is 0 Å². The van der Waals surface area contributed by atoms with Gasteiger partial charge in [0.15, 0.2) is 0 Å². The fourth-order valence-electron chi connectivity index (χ4n) is 2.65. The van der Waals surface area contributed by atoms with Gasteiger partial charge in [-0.1, -0.05) is 15.9 Å². The van der Waals surface area contributed by atoms with Crippen LogP contribution in [0.1, 0.15) is 38.3 Å². The van der Waals surface area contributed by atoms with E-state index in [1.807, 2.05) is 6.92 Å². The van der Waals surface area contributed by atoms with Crippen molar-refractivity contribution in [3.63, 3.8) is 0 Å². The quantitative estimate of drug-likeness (QED) is 0.906. The minimum Gasteiger partial charge on any atom is -0.481 e. The van der Waals surface area contributed by atoms with Gasteiger partial charge in [0, 0.05) is 16.1 Å². The summed E-state index contributed by atoms with van der Waals surface area (Å²) in [6.07, 6.45) is 1.20. The zero-order chi connectivity index (χ0) is 14.9. The minimum atomic E-state index is -0.738. The van der Waals surface area contributed by atoms with E-state index in [9.17, 15) is 14.3 Å². The molecule has 1 atom stereocenters. The fourth-order valence-corrected chi connectivity index (χ4v) is 3.03. The van der Waals surface area contributed by atoms with Crippen LogP contribution < -0.4 is 0 Å².